The molecule has 0 saturated heterocycles. The number of benzene rings is 3. The van der Waals surface area contributed by atoms with Gasteiger partial charge in [-0.3, -0.25) is 9.59 Å². The molecule has 2 heterocycles. The number of anilines is 1. The summed E-state index contributed by atoms with van der Waals surface area (Å²) in [5.74, 6) is -1.09. The largest absolute Gasteiger partial charge is 0.341 e. The van der Waals surface area contributed by atoms with Gasteiger partial charge in [0.2, 0.25) is 0 Å². The second kappa shape index (κ2) is 7.64. The number of amides is 1. The van der Waals surface area contributed by atoms with E-state index < -0.39 is 11.7 Å². The third-order valence-corrected chi connectivity index (χ3v) is 5.79. The highest BCUT2D eigenvalue weighted by Crippen LogP contribution is 2.32. The van der Waals surface area contributed by atoms with E-state index in [2.05, 4.69) is 11.4 Å². The fraction of sp³-hybridized carbons (Fsp3) is 0.154. The van der Waals surface area contributed by atoms with Crippen molar-refractivity contribution in [3.63, 3.8) is 0 Å². The first-order valence-corrected chi connectivity index (χ1v) is 10.3. The Kier molecular flexibility index (Phi) is 4.68. The van der Waals surface area contributed by atoms with Gasteiger partial charge in [0.25, 0.3) is 11.7 Å². The minimum Gasteiger partial charge on any atom is -0.341 e. The van der Waals surface area contributed by atoms with E-state index in [4.69, 9.17) is 0 Å². The summed E-state index contributed by atoms with van der Waals surface area (Å²) in [4.78, 5) is 26.4. The van der Waals surface area contributed by atoms with Crippen LogP contribution >= 0.6 is 0 Å². The molecule has 1 N–H and O–H groups in total. The van der Waals surface area contributed by atoms with Crippen LogP contribution in [-0.2, 0) is 17.8 Å². The highest BCUT2D eigenvalue weighted by Gasteiger charge is 2.28. The van der Waals surface area contributed by atoms with Crippen LogP contribution in [0.2, 0.25) is 0 Å². The van der Waals surface area contributed by atoms with Crippen LogP contribution in [0.25, 0.3) is 21.9 Å². The Balaban J connectivity index is 1.54. The van der Waals surface area contributed by atoms with Gasteiger partial charge < -0.3 is 9.88 Å². The lowest BCUT2D eigenvalue weighted by molar-refractivity contribution is -0.112. The second-order valence-corrected chi connectivity index (χ2v) is 7.68. The zero-order valence-corrected chi connectivity index (χ0v) is 16.6. The number of rotatable bonds is 4. The molecular formula is C26H22N2O2. The molecule has 0 saturated carbocycles. The molecule has 0 unspecified atom stereocenters. The number of Topliss-reactive ketones (excluding diaryl/α,β-unsaturated/α-hetero) is 1. The van der Waals surface area contributed by atoms with Gasteiger partial charge in [-0.2, -0.15) is 0 Å². The minimum atomic E-state index is -0.602. The number of ketones is 1. The number of nitrogens with zero attached hydrogens (tertiary/aromatic N) is 1. The summed E-state index contributed by atoms with van der Waals surface area (Å²) in [7, 11) is 0. The van der Waals surface area contributed by atoms with Gasteiger partial charge in [0.15, 0.2) is 0 Å². The molecule has 3 aromatic carbocycles. The quantitative estimate of drug-likeness (QED) is 0.369. The molecule has 0 fully saturated rings. The van der Waals surface area contributed by atoms with Gasteiger partial charge in [0.05, 0.1) is 0 Å². The first-order valence-electron chi connectivity index (χ1n) is 10.3. The highest BCUT2D eigenvalue weighted by atomic mass is 16.2. The highest BCUT2D eigenvalue weighted by molar-refractivity contribution is 6.47. The molecule has 0 atom stereocenters. The van der Waals surface area contributed by atoms with Crippen LogP contribution in [0.5, 0.6) is 0 Å². The maximum Gasteiger partial charge on any atom is 0.298 e. The van der Waals surface area contributed by atoms with Crippen molar-refractivity contribution in [2.45, 2.75) is 25.8 Å². The van der Waals surface area contributed by atoms with Gasteiger partial charge >= 0.3 is 0 Å². The van der Waals surface area contributed by atoms with Crippen molar-refractivity contribution in [3.8, 4) is 11.1 Å². The van der Waals surface area contributed by atoms with Crippen LogP contribution in [0.15, 0.2) is 78.9 Å². The average Bonchev–Trinajstić information content (AvgIpc) is 3.19. The molecule has 0 radical (unpaired) electrons. The SMILES string of the molecule is O=C(Nc1cccc2ccccc12)C(=O)c1c(-c2ccccc2)cc2n1CCCC2. The van der Waals surface area contributed by atoms with Crippen LogP contribution in [-0.4, -0.2) is 16.3 Å². The van der Waals surface area contributed by atoms with Crippen LogP contribution in [0.4, 0.5) is 5.69 Å². The fourth-order valence-corrected chi connectivity index (χ4v) is 4.34. The Morgan fingerprint density at radius 3 is 2.47 bits per heavy atom. The van der Waals surface area contributed by atoms with E-state index in [1.165, 1.54) is 0 Å². The molecule has 30 heavy (non-hydrogen) atoms. The monoisotopic (exact) mass is 394 g/mol. The number of fused-ring (bicyclic) bond motifs is 2. The summed E-state index contributed by atoms with van der Waals surface area (Å²) in [6.45, 7) is 0.769. The van der Waals surface area contributed by atoms with Crippen LogP contribution in [0, 0.1) is 0 Å². The van der Waals surface area contributed by atoms with E-state index in [-0.39, 0.29) is 0 Å². The van der Waals surface area contributed by atoms with E-state index in [9.17, 15) is 9.59 Å². The van der Waals surface area contributed by atoms with Crippen molar-refractivity contribution in [1.29, 1.82) is 0 Å². The lowest BCUT2D eigenvalue weighted by Crippen LogP contribution is -2.27. The topological polar surface area (TPSA) is 51.1 Å². The maximum atomic E-state index is 13.4. The van der Waals surface area contributed by atoms with E-state index >= 15 is 0 Å². The van der Waals surface area contributed by atoms with Crippen molar-refractivity contribution in [2.24, 2.45) is 0 Å². The number of aryl methyl sites for hydroxylation is 1. The molecule has 148 valence electrons. The fourth-order valence-electron chi connectivity index (χ4n) is 4.34. The number of carbonyl (C=O) groups excluding carboxylic acids is 2. The van der Waals surface area contributed by atoms with Crippen molar-refractivity contribution in [1.82, 2.24) is 4.57 Å². The molecular weight excluding hydrogens is 372 g/mol. The zero-order chi connectivity index (χ0) is 20.5. The molecule has 4 aromatic rings. The number of nitrogens with one attached hydrogen (secondary N) is 1. The number of aromatic nitrogens is 1. The summed E-state index contributed by atoms with van der Waals surface area (Å²) < 4.78 is 2.04. The number of hydrogen-bond acceptors (Lipinski definition) is 2. The van der Waals surface area contributed by atoms with Crippen LogP contribution < -0.4 is 5.32 Å². The molecule has 4 nitrogen and oxygen atoms in total. The zero-order valence-electron chi connectivity index (χ0n) is 16.6. The second-order valence-electron chi connectivity index (χ2n) is 7.68. The molecule has 1 aliphatic heterocycles. The van der Waals surface area contributed by atoms with Crippen LogP contribution in [0.3, 0.4) is 0 Å². The smallest absolute Gasteiger partial charge is 0.298 e. The number of hydrogen-bond donors (Lipinski definition) is 1. The minimum absolute atomic E-state index is 0.491. The first kappa shape index (κ1) is 18.4. The predicted molar refractivity (Wildman–Crippen MR) is 120 cm³/mol. The van der Waals surface area contributed by atoms with E-state index in [1.54, 1.807) is 0 Å². The molecule has 5 rings (SSSR count). The van der Waals surface area contributed by atoms with Gasteiger partial charge in [-0.15, -0.1) is 0 Å². The Labute approximate surface area is 175 Å². The third kappa shape index (κ3) is 3.20. The molecule has 4 heteroatoms. The molecule has 0 bridgehead atoms. The third-order valence-electron chi connectivity index (χ3n) is 5.79. The Bertz CT molecular complexity index is 1250. The summed E-state index contributed by atoms with van der Waals surface area (Å²) in [5.41, 5.74) is 4.07. The summed E-state index contributed by atoms with van der Waals surface area (Å²) in [6, 6.07) is 25.4. The van der Waals surface area contributed by atoms with Gasteiger partial charge in [-0.05, 0) is 42.3 Å². The Morgan fingerprint density at radius 2 is 1.60 bits per heavy atom. The van der Waals surface area contributed by atoms with Crippen LogP contribution in [0.1, 0.15) is 29.0 Å². The molecule has 1 aromatic heterocycles. The normalized spacial score (nSPS) is 13.1. The van der Waals surface area contributed by atoms with Crippen molar-refractivity contribution < 1.29 is 9.59 Å². The molecule has 0 spiro atoms. The standard InChI is InChI=1S/C26H22N2O2/c29-25(26(30)27-23-15-8-12-18-11-4-5-14-21(18)23)24-22(19-9-2-1-3-10-19)17-20-13-6-7-16-28(20)24/h1-5,8-12,14-15,17H,6-7,13,16H2,(H,27,30). The Hall–Kier alpha value is -3.66. The number of carbonyl (C=O) groups is 2. The van der Waals surface area contributed by atoms with Gasteiger partial charge in [0, 0.05) is 28.9 Å². The van der Waals surface area contributed by atoms with Gasteiger partial charge in [-0.25, -0.2) is 0 Å². The lowest BCUT2D eigenvalue weighted by Gasteiger charge is -2.18. The first-order chi connectivity index (χ1) is 14.7. The van der Waals surface area contributed by atoms with E-state index in [1.807, 2.05) is 77.4 Å². The molecule has 1 aliphatic rings. The Morgan fingerprint density at radius 1 is 0.833 bits per heavy atom. The predicted octanol–water partition coefficient (Wildman–Crippen LogP) is 5.47. The lowest BCUT2D eigenvalue weighted by atomic mass is 10.0. The summed E-state index contributed by atoms with van der Waals surface area (Å²) in [5, 5.41) is 4.80. The van der Waals surface area contributed by atoms with E-state index in [0.29, 0.717) is 11.4 Å². The van der Waals surface area contributed by atoms with Gasteiger partial charge in [0.1, 0.15) is 5.69 Å². The summed E-state index contributed by atoms with van der Waals surface area (Å²) in [6.07, 6.45) is 3.05. The molecule has 1 amide bonds. The maximum absolute atomic E-state index is 13.4. The van der Waals surface area contributed by atoms with Crippen molar-refractivity contribution >= 4 is 28.2 Å². The van der Waals surface area contributed by atoms with Gasteiger partial charge in [-0.1, -0.05) is 66.7 Å². The summed E-state index contributed by atoms with van der Waals surface area (Å²) >= 11 is 0. The van der Waals surface area contributed by atoms with E-state index in [0.717, 1.165) is 53.4 Å². The average molecular weight is 394 g/mol. The van der Waals surface area contributed by atoms with Crippen molar-refractivity contribution in [2.75, 3.05) is 5.32 Å². The van der Waals surface area contributed by atoms with Crippen molar-refractivity contribution in [3.05, 3.63) is 90.3 Å². The molecule has 0 aliphatic carbocycles.